The smallest absolute Gasteiger partial charge is 0.0644 e. The van der Waals surface area contributed by atoms with Crippen LogP contribution in [0.15, 0.2) is 0 Å². The molecule has 2 N–H and O–H groups in total. The topological polar surface area (TPSA) is 43.8 Å². The molecule has 0 saturated carbocycles. The van der Waals surface area contributed by atoms with Gasteiger partial charge in [0.05, 0.1) is 5.69 Å². The number of aromatic nitrogens is 2. The summed E-state index contributed by atoms with van der Waals surface area (Å²) in [4.78, 5) is 0. The first-order valence-corrected chi connectivity index (χ1v) is 7.87. The Balaban J connectivity index is 2.32. The van der Waals surface area contributed by atoms with E-state index in [2.05, 4.69) is 30.6 Å². The predicted molar refractivity (Wildman–Crippen MR) is 82.3 cm³/mol. The molecule has 1 rings (SSSR count). The number of rotatable bonds is 9. The normalized spacial score (nSPS) is 12.9. The van der Waals surface area contributed by atoms with Gasteiger partial charge < -0.3 is 5.73 Å². The standard InChI is InChI=1S/C16H31N3/c1-5-6-7-8-9-10-11-12-19-15(4)16(13(2)17)14(3)18-19/h13H,5-12,17H2,1-4H3. The zero-order valence-corrected chi connectivity index (χ0v) is 13.2. The van der Waals surface area contributed by atoms with Gasteiger partial charge >= 0.3 is 0 Å². The van der Waals surface area contributed by atoms with Crippen molar-refractivity contribution in [3.63, 3.8) is 0 Å². The molecule has 0 radical (unpaired) electrons. The van der Waals surface area contributed by atoms with Crippen LogP contribution in [0.4, 0.5) is 0 Å². The zero-order chi connectivity index (χ0) is 14.3. The second kappa shape index (κ2) is 8.36. The zero-order valence-electron chi connectivity index (χ0n) is 13.2. The van der Waals surface area contributed by atoms with Gasteiger partial charge in [0.25, 0.3) is 0 Å². The van der Waals surface area contributed by atoms with Crippen LogP contribution in [0.25, 0.3) is 0 Å². The van der Waals surface area contributed by atoms with Crippen LogP contribution < -0.4 is 5.73 Å². The Morgan fingerprint density at radius 3 is 2.16 bits per heavy atom. The third-order valence-electron chi connectivity index (χ3n) is 3.87. The highest BCUT2D eigenvalue weighted by Gasteiger charge is 2.14. The first kappa shape index (κ1) is 16.2. The van der Waals surface area contributed by atoms with Gasteiger partial charge in [0.1, 0.15) is 0 Å². The predicted octanol–water partition coefficient (Wildman–Crippen LogP) is 4.27. The Morgan fingerprint density at radius 1 is 1.05 bits per heavy atom. The maximum Gasteiger partial charge on any atom is 0.0644 e. The number of nitrogens with two attached hydrogens (primary N) is 1. The van der Waals surface area contributed by atoms with Crippen LogP contribution in [0.5, 0.6) is 0 Å². The van der Waals surface area contributed by atoms with Crippen LogP contribution in [0.3, 0.4) is 0 Å². The van der Waals surface area contributed by atoms with Crippen LogP contribution in [0, 0.1) is 13.8 Å². The molecule has 0 saturated heterocycles. The lowest BCUT2D eigenvalue weighted by Crippen LogP contribution is -2.08. The minimum atomic E-state index is 0.0859. The molecular formula is C16H31N3. The molecular weight excluding hydrogens is 234 g/mol. The van der Waals surface area contributed by atoms with Gasteiger partial charge in [0.2, 0.25) is 0 Å². The highest BCUT2D eigenvalue weighted by molar-refractivity contribution is 5.27. The van der Waals surface area contributed by atoms with Gasteiger partial charge in [-0.05, 0) is 27.2 Å². The van der Waals surface area contributed by atoms with Crippen molar-refractivity contribution in [3.05, 3.63) is 17.0 Å². The van der Waals surface area contributed by atoms with Gasteiger partial charge in [-0.25, -0.2) is 0 Å². The molecule has 0 aliphatic rings. The summed E-state index contributed by atoms with van der Waals surface area (Å²) < 4.78 is 2.14. The molecule has 0 fully saturated rings. The average Bonchev–Trinajstić information content (AvgIpc) is 2.63. The third-order valence-corrected chi connectivity index (χ3v) is 3.87. The number of nitrogens with zero attached hydrogens (tertiary/aromatic N) is 2. The van der Waals surface area contributed by atoms with Gasteiger partial charge in [-0.1, -0.05) is 45.4 Å². The van der Waals surface area contributed by atoms with E-state index in [0.29, 0.717) is 0 Å². The Hall–Kier alpha value is -0.830. The summed E-state index contributed by atoms with van der Waals surface area (Å²) in [5, 5.41) is 4.62. The van der Waals surface area contributed by atoms with Crippen molar-refractivity contribution in [2.45, 2.75) is 85.2 Å². The summed E-state index contributed by atoms with van der Waals surface area (Å²) in [5.74, 6) is 0. The van der Waals surface area contributed by atoms with E-state index in [4.69, 9.17) is 5.73 Å². The minimum absolute atomic E-state index is 0.0859. The minimum Gasteiger partial charge on any atom is -0.324 e. The second-order valence-corrected chi connectivity index (χ2v) is 5.72. The molecule has 1 aromatic heterocycles. The molecule has 1 unspecified atom stereocenters. The highest BCUT2D eigenvalue weighted by atomic mass is 15.3. The molecule has 0 spiro atoms. The van der Waals surface area contributed by atoms with Gasteiger partial charge in [-0.15, -0.1) is 0 Å². The quantitative estimate of drug-likeness (QED) is 0.678. The molecule has 110 valence electrons. The van der Waals surface area contributed by atoms with Gasteiger partial charge in [-0.3, -0.25) is 4.68 Å². The summed E-state index contributed by atoms with van der Waals surface area (Å²) in [6.07, 6.45) is 9.39. The largest absolute Gasteiger partial charge is 0.324 e. The Morgan fingerprint density at radius 2 is 1.63 bits per heavy atom. The van der Waals surface area contributed by atoms with Gasteiger partial charge in [-0.2, -0.15) is 5.10 Å². The van der Waals surface area contributed by atoms with E-state index in [1.807, 2.05) is 6.92 Å². The molecule has 3 heteroatoms. The van der Waals surface area contributed by atoms with Gasteiger partial charge in [0.15, 0.2) is 0 Å². The van der Waals surface area contributed by atoms with E-state index in [9.17, 15) is 0 Å². The van der Waals surface area contributed by atoms with Crippen molar-refractivity contribution in [2.24, 2.45) is 5.73 Å². The second-order valence-electron chi connectivity index (χ2n) is 5.72. The van der Waals surface area contributed by atoms with Crippen LogP contribution in [0.1, 0.15) is 81.8 Å². The summed E-state index contributed by atoms with van der Waals surface area (Å²) in [5.41, 5.74) is 9.56. The lowest BCUT2D eigenvalue weighted by molar-refractivity contribution is 0.514. The number of hydrogen-bond donors (Lipinski definition) is 1. The van der Waals surface area contributed by atoms with Crippen molar-refractivity contribution in [3.8, 4) is 0 Å². The van der Waals surface area contributed by atoms with E-state index in [1.54, 1.807) is 0 Å². The first-order valence-electron chi connectivity index (χ1n) is 7.87. The summed E-state index contributed by atoms with van der Waals surface area (Å²) >= 11 is 0. The van der Waals surface area contributed by atoms with Gasteiger partial charge in [0, 0.05) is 23.8 Å². The third kappa shape index (κ3) is 4.98. The number of unbranched alkanes of at least 4 members (excludes halogenated alkanes) is 6. The Bertz CT molecular complexity index is 366. The summed E-state index contributed by atoms with van der Waals surface area (Å²) in [6.45, 7) is 9.54. The molecule has 0 bridgehead atoms. The molecule has 0 aromatic carbocycles. The van der Waals surface area contributed by atoms with Crippen LogP contribution in [0.2, 0.25) is 0 Å². The number of hydrogen-bond acceptors (Lipinski definition) is 2. The fourth-order valence-corrected chi connectivity index (χ4v) is 2.81. The van der Waals surface area contributed by atoms with Crippen molar-refractivity contribution >= 4 is 0 Å². The average molecular weight is 265 g/mol. The molecule has 3 nitrogen and oxygen atoms in total. The van der Waals surface area contributed by atoms with E-state index in [0.717, 1.165) is 12.2 Å². The lowest BCUT2D eigenvalue weighted by Gasteiger charge is -2.07. The molecule has 0 aliphatic carbocycles. The summed E-state index contributed by atoms with van der Waals surface area (Å²) in [6, 6.07) is 0.0859. The first-order chi connectivity index (χ1) is 9.07. The van der Waals surface area contributed by atoms with Crippen LogP contribution in [-0.4, -0.2) is 9.78 Å². The Labute approximate surface area is 118 Å². The van der Waals surface area contributed by atoms with Crippen molar-refractivity contribution < 1.29 is 0 Å². The highest BCUT2D eigenvalue weighted by Crippen LogP contribution is 2.20. The maximum absolute atomic E-state index is 6.00. The van der Waals surface area contributed by atoms with E-state index in [-0.39, 0.29) is 6.04 Å². The molecule has 1 heterocycles. The summed E-state index contributed by atoms with van der Waals surface area (Å²) in [7, 11) is 0. The molecule has 19 heavy (non-hydrogen) atoms. The van der Waals surface area contributed by atoms with Crippen LogP contribution in [-0.2, 0) is 6.54 Å². The Kier molecular flexibility index (Phi) is 7.14. The molecule has 0 amide bonds. The monoisotopic (exact) mass is 265 g/mol. The lowest BCUT2D eigenvalue weighted by atomic mass is 10.1. The van der Waals surface area contributed by atoms with E-state index in [1.165, 1.54) is 56.2 Å². The molecule has 1 atom stereocenters. The maximum atomic E-state index is 6.00. The van der Waals surface area contributed by atoms with Crippen molar-refractivity contribution in [1.29, 1.82) is 0 Å². The van der Waals surface area contributed by atoms with Crippen molar-refractivity contribution in [1.82, 2.24) is 9.78 Å². The molecule has 0 aliphatic heterocycles. The fourth-order valence-electron chi connectivity index (χ4n) is 2.81. The SMILES string of the molecule is CCCCCCCCCn1nc(C)c(C(C)N)c1C. The van der Waals surface area contributed by atoms with E-state index >= 15 is 0 Å². The molecule has 1 aromatic rings. The van der Waals surface area contributed by atoms with Crippen LogP contribution >= 0.6 is 0 Å². The van der Waals surface area contributed by atoms with Crippen molar-refractivity contribution in [2.75, 3.05) is 0 Å². The fraction of sp³-hybridized carbons (Fsp3) is 0.812. The number of aryl methyl sites for hydroxylation is 2. The van der Waals surface area contributed by atoms with E-state index < -0.39 is 0 Å².